The van der Waals surface area contributed by atoms with Crippen molar-refractivity contribution in [3.8, 4) is 5.69 Å². The van der Waals surface area contributed by atoms with Gasteiger partial charge in [-0.3, -0.25) is 4.90 Å². The van der Waals surface area contributed by atoms with Gasteiger partial charge < -0.3 is 15.4 Å². The first-order chi connectivity index (χ1) is 12.1. The van der Waals surface area contributed by atoms with Crippen LogP contribution in [0.15, 0.2) is 24.3 Å². The van der Waals surface area contributed by atoms with Crippen LogP contribution < -0.4 is 10.6 Å². The first-order valence-corrected chi connectivity index (χ1v) is 8.35. The molecule has 9 heteroatoms. The maximum atomic E-state index is 12.2. The third-order valence-electron chi connectivity index (χ3n) is 3.99. The number of hydrogen-bond donors (Lipinski definition) is 2. The minimum absolute atomic E-state index is 0.0445. The molecule has 1 atom stereocenters. The van der Waals surface area contributed by atoms with E-state index in [0.717, 1.165) is 38.5 Å². The van der Waals surface area contributed by atoms with Gasteiger partial charge >= 0.3 is 6.03 Å². The van der Waals surface area contributed by atoms with Gasteiger partial charge in [-0.1, -0.05) is 6.07 Å². The summed E-state index contributed by atoms with van der Waals surface area (Å²) in [5, 5.41) is 17.2. The lowest BCUT2D eigenvalue weighted by Gasteiger charge is -2.29. The van der Waals surface area contributed by atoms with Crippen LogP contribution in [0.2, 0.25) is 0 Å². The Morgan fingerprint density at radius 3 is 2.88 bits per heavy atom. The maximum Gasteiger partial charge on any atom is 0.319 e. The molecule has 0 aliphatic carbocycles. The molecule has 1 aromatic heterocycles. The van der Waals surface area contributed by atoms with Crippen LogP contribution in [0.25, 0.3) is 5.69 Å². The summed E-state index contributed by atoms with van der Waals surface area (Å²) in [6.07, 6.45) is 0. The summed E-state index contributed by atoms with van der Waals surface area (Å²) in [5.41, 5.74) is 1.48. The SMILES string of the molecule is Cc1nnnn1-c1cccc(NC(=O)NC(C)CN2CCOCC2)c1. The van der Waals surface area contributed by atoms with Crippen molar-refractivity contribution in [2.45, 2.75) is 19.9 Å². The average molecular weight is 345 g/mol. The van der Waals surface area contributed by atoms with Crippen molar-refractivity contribution in [3.63, 3.8) is 0 Å². The highest BCUT2D eigenvalue weighted by molar-refractivity contribution is 5.89. The highest BCUT2D eigenvalue weighted by atomic mass is 16.5. The molecule has 2 N–H and O–H groups in total. The van der Waals surface area contributed by atoms with Crippen molar-refractivity contribution in [2.24, 2.45) is 0 Å². The number of carbonyl (C=O) groups excluding carboxylic acids is 1. The second kappa shape index (κ2) is 8.04. The number of urea groups is 1. The van der Waals surface area contributed by atoms with Gasteiger partial charge in [0.2, 0.25) is 0 Å². The molecule has 2 heterocycles. The Kier molecular flexibility index (Phi) is 5.56. The lowest BCUT2D eigenvalue weighted by molar-refractivity contribution is 0.0350. The second-order valence-corrected chi connectivity index (χ2v) is 6.10. The van der Waals surface area contributed by atoms with E-state index < -0.39 is 0 Å². The molecule has 1 aliphatic rings. The van der Waals surface area contributed by atoms with E-state index >= 15 is 0 Å². The molecule has 0 spiro atoms. The molecule has 0 saturated carbocycles. The van der Waals surface area contributed by atoms with E-state index in [-0.39, 0.29) is 12.1 Å². The number of anilines is 1. The molecule has 3 rings (SSSR count). The highest BCUT2D eigenvalue weighted by Gasteiger charge is 2.15. The van der Waals surface area contributed by atoms with Crippen LogP contribution in [0.5, 0.6) is 0 Å². The van der Waals surface area contributed by atoms with Gasteiger partial charge in [0.25, 0.3) is 0 Å². The minimum atomic E-state index is -0.230. The highest BCUT2D eigenvalue weighted by Crippen LogP contribution is 2.14. The van der Waals surface area contributed by atoms with E-state index in [1.165, 1.54) is 0 Å². The van der Waals surface area contributed by atoms with E-state index in [9.17, 15) is 4.79 Å². The number of hydrogen-bond acceptors (Lipinski definition) is 6. The lowest BCUT2D eigenvalue weighted by Crippen LogP contribution is -2.47. The van der Waals surface area contributed by atoms with Gasteiger partial charge in [-0.2, -0.15) is 4.68 Å². The van der Waals surface area contributed by atoms with Crippen LogP contribution in [0.1, 0.15) is 12.7 Å². The summed E-state index contributed by atoms with van der Waals surface area (Å²) in [5.74, 6) is 0.681. The number of nitrogens with one attached hydrogen (secondary N) is 2. The molecule has 2 amide bonds. The predicted octanol–water partition coefficient (Wildman–Crippen LogP) is 0.813. The number of nitrogens with zero attached hydrogens (tertiary/aromatic N) is 5. The summed E-state index contributed by atoms with van der Waals surface area (Å²) in [4.78, 5) is 14.5. The van der Waals surface area contributed by atoms with Gasteiger partial charge in [-0.15, -0.1) is 5.10 Å². The Bertz CT molecular complexity index is 712. The molecular weight excluding hydrogens is 322 g/mol. The number of aromatic nitrogens is 4. The molecule has 0 radical (unpaired) electrons. The van der Waals surface area contributed by atoms with E-state index in [1.54, 1.807) is 4.68 Å². The molecule has 1 aromatic carbocycles. The van der Waals surface area contributed by atoms with Crippen molar-refractivity contribution >= 4 is 11.7 Å². The van der Waals surface area contributed by atoms with Gasteiger partial charge in [-0.25, -0.2) is 4.79 Å². The average Bonchev–Trinajstić information content (AvgIpc) is 3.02. The number of amides is 2. The van der Waals surface area contributed by atoms with Crippen molar-refractivity contribution in [2.75, 3.05) is 38.2 Å². The van der Waals surface area contributed by atoms with Crippen LogP contribution in [-0.2, 0) is 4.74 Å². The molecule has 0 bridgehead atoms. The Morgan fingerprint density at radius 2 is 2.16 bits per heavy atom. The third kappa shape index (κ3) is 4.74. The quantitative estimate of drug-likeness (QED) is 0.832. The van der Waals surface area contributed by atoms with Crippen LogP contribution in [0.4, 0.5) is 10.5 Å². The molecular formula is C16H23N7O2. The number of aryl methyl sites for hydroxylation is 1. The van der Waals surface area contributed by atoms with Crippen LogP contribution in [-0.4, -0.2) is 70.0 Å². The zero-order valence-electron chi connectivity index (χ0n) is 14.5. The minimum Gasteiger partial charge on any atom is -0.379 e. The summed E-state index contributed by atoms with van der Waals surface area (Å²) in [6.45, 7) is 7.93. The smallest absolute Gasteiger partial charge is 0.319 e. The van der Waals surface area contributed by atoms with Crippen molar-refractivity contribution in [3.05, 3.63) is 30.1 Å². The topological polar surface area (TPSA) is 97.2 Å². The molecule has 9 nitrogen and oxygen atoms in total. The van der Waals surface area contributed by atoms with Crippen LogP contribution in [0, 0.1) is 6.92 Å². The van der Waals surface area contributed by atoms with Gasteiger partial charge in [0, 0.05) is 31.4 Å². The lowest BCUT2D eigenvalue weighted by atomic mass is 10.2. The maximum absolute atomic E-state index is 12.2. The fourth-order valence-corrected chi connectivity index (χ4v) is 2.79. The van der Waals surface area contributed by atoms with E-state index in [2.05, 4.69) is 31.1 Å². The fourth-order valence-electron chi connectivity index (χ4n) is 2.79. The van der Waals surface area contributed by atoms with E-state index in [1.807, 2.05) is 38.1 Å². The first-order valence-electron chi connectivity index (χ1n) is 8.35. The summed E-state index contributed by atoms with van der Waals surface area (Å²) < 4.78 is 6.95. The monoisotopic (exact) mass is 345 g/mol. The Labute approximate surface area is 146 Å². The van der Waals surface area contributed by atoms with Crippen molar-refractivity contribution in [1.29, 1.82) is 0 Å². The number of benzene rings is 1. The standard InChI is InChI=1S/C16H23N7O2/c1-12(11-22-6-8-25-9-7-22)17-16(24)18-14-4-3-5-15(10-14)23-13(2)19-20-21-23/h3-5,10,12H,6-9,11H2,1-2H3,(H2,17,18,24). The fraction of sp³-hybridized carbons (Fsp3) is 0.500. The Morgan fingerprint density at radius 1 is 1.36 bits per heavy atom. The zero-order chi connectivity index (χ0) is 17.6. The molecule has 25 heavy (non-hydrogen) atoms. The summed E-state index contributed by atoms with van der Waals surface area (Å²) in [7, 11) is 0. The molecule has 1 saturated heterocycles. The zero-order valence-corrected chi connectivity index (χ0v) is 14.5. The number of rotatable bonds is 5. The summed E-state index contributed by atoms with van der Waals surface area (Å²) >= 11 is 0. The van der Waals surface area contributed by atoms with Gasteiger partial charge in [0.1, 0.15) is 0 Å². The van der Waals surface area contributed by atoms with E-state index in [0.29, 0.717) is 11.5 Å². The molecule has 1 unspecified atom stereocenters. The molecule has 1 aliphatic heterocycles. The first kappa shape index (κ1) is 17.3. The van der Waals surface area contributed by atoms with Crippen molar-refractivity contribution < 1.29 is 9.53 Å². The van der Waals surface area contributed by atoms with Crippen LogP contribution in [0.3, 0.4) is 0 Å². The van der Waals surface area contributed by atoms with Gasteiger partial charge in [0.15, 0.2) is 5.82 Å². The van der Waals surface area contributed by atoms with Crippen molar-refractivity contribution in [1.82, 2.24) is 30.4 Å². The number of ether oxygens (including phenoxy) is 1. The predicted molar refractivity (Wildman–Crippen MR) is 92.8 cm³/mol. The number of morpholine rings is 1. The largest absolute Gasteiger partial charge is 0.379 e. The normalized spacial score (nSPS) is 16.4. The Hall–Kier alpha value is -2.52. The van der Waals surface area contributed by atoms with E-state index in [4.69, 9.17) is 4.74 Å². The number of carbonyl (C=O) groups is 1. The third-order valence-corrected chi connectivity index (χ3v) is 3.99. The van der Waals surface area contributed by atoms with Gasteiger partial charge in [0.05, 0.1) is 18.9 Å². The molecule has 2 aromatic rings. The Balaban J connectivity index is 1.55. The van der Waals surface area contributed by atoms with Gasteiger partial charge in [-0.05, 0) is 42.5 Å². The number of tetrazole rings is 1. The van der Waals surface area contributed by atoms with Crippen LogP contribution >= 0.6 is 0 Å². The molecule has 1 fully saturated rings. The summed E-state index contributed by atoms with van der Waals surface area (Å²) in [6, 6.07) is 7.20. The second-order valence-electron chi connectivity index (χ2n) is 6.10. The molecule has 134 valence electrons.